The number of aryl methyl sites for hydroxylation is 2. The van der Waals surface area contributed by atoms with E-state index in [0.717, 1.165) is 42.2 Å². The van der Waals surface area contributed by atoms with Gasteiger partial charge in [-0.05, 0) is 77.0 Å². The quantitative estimate of drug-likeness (QED) is 0.404. The Kier molecular flexibility index (Phi) is 6.96. The number of nitrogens with one attached hydrogen (secondary N) is 1. The predicted octanol–water partition coefficient (Wildman–Crippen LogP) is 4.83. The fourth-order valence-electron chi connectivity index (χ4n) is 4.01. The molecule has 1 aromatic heterocycles. The molecule has 1 aromatic carbocycles. The van der Waals surface area contributed by atoms with Gasteiger partial charge in [-0.3, -0.25) is 0 Å². The summed E-state index contributed by atoms with van der Waals surface area (Å²) in [7, 11) is 0. The molecule has 174 valence electrons. The Morgan fingerprint density at radius 1 is 1.16 bits per heavy atom. The number of carbonyl (C=O) groups excluding carboxylic acids is 2. The van der Waals surface area contributed by atoms with Crippen molar-refractivity contribution in [3.05, 3.63) is 39.2 Å². The van der Waals surface area contributed by atoms with Gasteiger partial charge in [0.2, 0.25) is 0 Å². The highest BCUT2D eigenvalue weighted by Crippen LogP contribution is 2.33. The fraction of sp³-hybridized carbons (Fsp3) is 0.560. The Bertz CT molecular complexity index is 1080. The van der Waals surface area contributed by atoms with Crippen molar-refractivity contribution in [3.8, 4) is 5.75 Å². The summed E-state index contributed by atoms with van der Waals surface area (Å²) in [6.45, 7) is 10.8. The first-order chi connectivity index (χ1) is 15.0. The van der Waals surface area contributed by atoms with E-state index in [9.17, 15) is 14.4 Å². The van der Waals surface area contributed by atoms with Crippen LogP contribution in [0.4, 0.5) is 4.79 Å². The highest BCUT2D eigenvalue weighted by atomic mass is 16.6. The third-order valence-electron chi connectivity index (χ3n) is 5.94. The number of hydrogen-bond acceptors (Lipinski definition) is 6. The van der Waals surface area contributed by atoms with E-state index in [-0.39, 0.29) is 11.5 Å². The Morgan fingerprint density at radius 3 is 2.44 bits per heavy atom. The highest BCUT2D eigenvalue weighted by Gasteiger charge is 2.30. The van der Waals surface area contributed by atoms with E-state index < -0.39 is 23.7 Å². The number of alkyl carbamates (subject to hydrolysis) is 1. The van der Waals surface area contributed by atoms with Crippen LogP contribution < -0.4 is 15.7 Å². The molecule has 1 aliphatic rings. The molecule has 7 nitrogen and oxygen atoms in total. The predicted molar refractivity (Wildman–Crippen MR) is 122 cm³/mol. The Morgan fingerprint density at radius 2 is 1.81 bits per heavy atom. The van der Waals surface area contributed by atoms with Gasteiger partial charge in [0.05, 0.1) is 0 Å². The van der Waals surface area contributed by atoms with Crippen LogP contribution in [0.2, 0.25) is 0 Å². The maximum absolute atomic E-state index is 13.0. The van der Waals surface area contributed by atoms with E-state index in [1.165, 1.54) is 0 Å². The van der Waals surface area contributed by atoms with Crippen LogP contribution in [0.3, 0.4) is 0 Å². The minimum Gasteiger partial charge on any atom is -0.444 e. The smallest absolute Gasteiger partial charge is 0.408 e. The average Bonchev–Trinajstić information content (AvgIpc) is 2.73. The first-order valence-corrected chi connectivity index (χ1v) is 11.3. The first-order valence-electron chi connectivity index (χ1n) is 11.3. The number of carbonyl (C=O) groups is 2. The molecule has 1 heterocycles. The molecule has 7 heteroatoms. The molecule has 2 aromatic rings. The van der Waals surface area contributed by atoms with Crippen molar-refractivity contribution in [2.45, 2.75) is 85.3 Å². The van der Waals surface area contributed by atoms with Crippen molar-refractivity contribution in [2.75, 3.05) is 0 Å². The van der Waals surface area contributed by atoms with Gasteiger partial charge in [-0.15, -0.1) is 0 Å². The number of rotatable bonds is 5. The summed E-state index contributed by atoms with van der Waals surface area (Å²) < 4.78 is 16.6. The zero-order valence-electron chi connectivity index (χ0n) is 19.8. The van der Waals surface area contributed by atoms with E-state index in [0.29, 0.717) is 23.3 Å². The van der Waals surface area contributed by atoms with Crippen LogP contribution >= 0.6 is 0 Å². The van der Waals surface area contributed by atoms with E-state index in [1.807, 2.05) is 19.9 Å². The second-order valence-corrected chi connectivity index (χ2v) is 9.55. The molecule has 1 amide bonds. The normalized spacial score (nSPS) is 15.6. The minimum absolute atomic E-state index is 0.166. The molecule has 0 saturated carbocycles. The van der Waals surface area contributed by atoms with Crippen LogP contribution in [0.1, 0.15) is 70.6 Å². The highest BCUT2D eigenvalue weighted by molar-refractivity contribution is 5.88. The van der Waals surface area contributed by atoms with Crippen molar-refractivity contribution >= 4 is 23.0 Å². The lowest BCUT2D eigenvalue weighted by atomic mass is 9.90. The molecule has 2 unspecified atom stereocenters. The summed E-state index contributed by atoms with van der Waals surface area (Å²) in [6, 6.07) is 2.70. The SMILES string of the molecule is CCC(C)C(NC(=O)OC(C)(C)C)C(=O)Oc1ccc2c3c(c(=O)oc2c1C)CCCC3. The largest absolute Gasteiger partial charge is 0.444 e. The summed E-state index contributed by atoms with van der Waals surface area (Å²) in [5, 5.41) is 3.53. The second kappa shape index (κ2) is 9.35. The standard InChI is InChI=1S/C25H33NO6/c1-7-14(2)20(26-24(29)32-25(4,5)6)23(28)30-19-13-12-17-16-10-8-9-11-18(16)22(27)31-21(17)15(19)3/h12-14,20H,7-11H2,1-6H3,(H,26,29). The summed E-state index contributed by atoms with van der Waals surface area (Å²) >= 11 is 0. The monoisotopic (exact) mass is 443 g/mol. The molecule has 1 aliphatic carbocycles. The number of amides is 1. The summed E-state index contributed by atoms with van der Waals surface area (Å²) in [5.41, 5.74) is 1.82. The lowest BCUT2D eigenvalue weighted by molar-refractivity contribution is -0.138. The first kappa shape index (κ1) is 23.8. The average molecular weight is 444 g/mol. The lowest BCUT2D eigenvalue weighted by Gasteiger charge is -2.26. The summed E-state index contributed by atoms with van der Waals surface area (Å²) in [6.07, 6.45) is 3.58. The number of ether oxygens (including phenoxy) is 2. The van der Waals surface area contributed by atoms with Crippen LogP contribution in [0.25, 0.3) is 11.0 Å². The van der Waals surface area contributed by atoms with Gasteiger partial charge in [0.1, 0.15) is 23.0 Å². The van der Waals surface area contributed by atoms with Gasteiger partial charge in [-0.2, -0.15) is 0 Å². The molecule has 0 fully saturated rings. The van der Waals surface area contributed by atoms with E-state index in [4.69, 9.17) is 13.9 Å². The molecule has 32 heavy (non-hydrogen) atoms. The van der Waals surface area contributed by atoms with E-state index in [1.54, 1.807) is 33.8 Å². The Labute approximate surface area is 188 Å². The Balaban J connectivity index is 1.89. The van der Waals surface area contributed by atoms with Crippen molar-refractivity contribution in [1.82, 2.24) is 5.32 Å². The van der Waals surface area contributed by atoms with Crippen molar-refractivity contribution < 1.29 is 23.5 Å². The molecular weight excluding hydrogens is 410 g/mol. The maximum atomic E-state index is 13.0. The number of hydrogen-bond donors (Lipinski definition) is 1. The van der Waals surface area contributed by atoms with Crippen molar-refractivity contribution in [2.24, 2.45) is 5.92 Å². The second-order valence-electron chi connectivity index (χ2n) is 9.55. The molecular formula is C25H33NO6. The zero-order valence-corrected chi connectivity index (χ0v) is 19.8. The molecule has 0 spiro atoms. The van der Waals surface area contributed by atoms with Crippen LogP contribution in [0.5, 0.6) is 5.75 Å². The van der Waals surface area contributed by atoms with E-state index >= 15 is 0 Å². The van der Waals surface area contributed by atoms with Gasteiger partial charge >= 0.3 is 17.7 Å². The van der Waals surface area contributed by atoms with Gasteiger partial charge in [-0.25, -0.2) is 14.4 Å². The maximum Gasteiger partial charge on any atom is 0.408 e. The molecule has 0 saturated heterocycles. The van der Waals surface area contributed by atoms with Crippen LogP contribution in [0, 0.1) is 12.8 Å². The fourth-order valence-corrected chi connectivity index (χ4v) is 4.01. The molecule has 0 aliphatic heterocycles. The number of fused-ring (bicyclic) bond motifs is 3. The lowest BCUT2D eigenvalue weighted by Crippen LogP contribution is -2.48. The number of esters is 1. The van der Waals surface area contributed by atoms with Crippen molar-refractivity contribution in [1.29, 1.82) is 0 Å². The zero-order chi connectivity index (χ0) is 23.6. The topological polar surface area (TPSA) is 94.8 Å². The van der Waals surface area contributed by atoms with E-state index in [2.05, 4.69) is 5.32 Å². The minimum atomic E-state index is -0.875. The summed E-state index contributed by atoms with van der Waals surface area (Å²) in [5.74, 6) is -0.450. The summed E-state index contributed by atoms with van der Waals surface area (Å²) in [4.78, 5) is 37.8. The van der Waals surface area contributed by atoms with Gasteiger partial charge in [0.15, 0.2) is 0 Å². The third kappa shape index (κ3) is 5.14. The third-order valence-corrected chi connectivity index (χ3v) is 5.94. The molecule has 1 N–H and O–H groups in total. The Hall–Kier alpha value is -2.83. The van der Waals surface area contributed by atoms with Gasteiger partial charge in [0.25, 0.3) is 0 Å². The van der Waals surface area contributed by atoms with Crippen molar-refractivity contribution in [3.63, 3.8) is 0 Å². The van der Waals surface area contributed by atoms with Gasteiger partial charge in [0, 0.05) is 16.5 Å². The van der Waals surface area contributed by atoms with Crippen LogP contribution in [-0.4, -0.2) is 23.7 Å². The molecule has 3 rings (SSSR count). The molecule has 0 bridgehead atoms. The van der Waals surface area contributed by atoms with Gasteiger partial charge < -0.3 is 19.2 Å². The molecule has 0 radical (unpaired) electrons. The van der Waals surface area contributed by atoms with Crippen LogP contribution in [-0.2, 0) is 22.4 Å². The molecule has 2 atom stereocenters. The number of benzene rings is 1. The van der Waals surface area contributed by atoms with Gasteiger partial charge in [-0.1, -0.05) is 20.3 Å². The van der Waals surface area contributed by atoms with Crippen LogP contribution in [0.15, 0.2) is 21.3 Å².